The van der Waals surface area contributed by atoms with E-state index < -0.39 is 24.1 Å². The van der Waals surface area contributed by atoms with Gasteiger partial charge in [-0.2, -0.15) is 0 Å². The normalized spacial score (nSPS) is 21.4. The number of aliphatic carboxylic acids is 1. The Labute approximate surface area is 212 Å². The maximum absolute atomic E-state index is 12.2. The second-order valence-electron chi connectivity index (χ2n) is 9.05. The SMILES string of the molecule is C=CC(O)C(C)C(=O)O.CN1CC[C@]2(C)c3cc(OC(=O)Nc4ccccc4)ccc3N(C)C12.CO. The summed E-state index contributed by atoms with van der Waals surface area (Å²) >= 11 is 0. The van der Waals surface area contributed by atoms with E-state index in [4.69, 9.17) is 20.1 Å². The van der Waals surface area contributed by atoms with E-state index >= 15 is 0 Å². The third kappa shape index (κ3) is 6.23. The number of amides is 1. The number of fused-ring (bicyclic) bond motifs is 3. The van der Waals surface area contributed by atoms with Crippen molar-refractivity contribution >= 4 is 23.4 Å². The van der Waals surface area contributed by atoms with Crippen molar-refractivity contribution < 1.29 is 29.6 Å². The van der Waals surface area contributed by atoms with Crippen molar-refractivity contribution in [1.29, 1.82) is 0 Å². The molecule has 0 radical (unpaired) electrons. The van der Waals surface area contributed by atoms with Gasteiger partial charge >= 0.3 is 12.1 Å². The summed E-state index contributed by atoms with van der Waals surface area (Å²) in [7, 11) is 5.31. The first kappa shape index (κ1) is 28.8. The molecule has 196 valence electrons. The van der Waals surface area contributed by atoms with Gasteiger partial charge in [0.15, 0.2) is 0 Å². The van der Waals surface area contributed by atoms with E-state index in [-0.39, 0.29) is 5.41 Å². The fraction of sp³-hybridized carbons (Fsp3) is 0.407. The molecule has 0 saturated carbocycles. The Kier molecular flexibility index (Phi) is 10.0. The average Bonchev–Trinajstić information content (AvgIpc) is 3.30. The number of rotatable bonds is 5. The molecule has 36 heavy (non-hydrogen) atoms. The van der Waals surface area contributed by atoms with Crippen LogP contribution in [0.4, 0.5) is 16.2 Å². The summed E-state index contributed by atoms with van der Waals surface area (Å²) in [5, 5.41) is 26.8. The Morgan fingerprint density at radius 3 is 2.39 bits per heavy atom. The molecule has 2 aliphatic heterocycles. The highest BCUT2D eigenvalue weighted by Gasteiger charge is 2.52. The maximum atomic E-state index is 12.2. The van der Waals surface area contributed by atoms with Gasteiger partial charge in [0.05, 0.1) is 18.2 Å². The molecular weight excluding hydrogens is 462 g/mol. The number of hydrogen-bond donors (Lipinski definition) is 4. The highest BCUT2D eigenvalue weighted by molar-refractivity contribution is 5.86. The largest absolute Gasteiger partial charge is 0.481 e. The number of anilines is 2. The minimum absolute atomic E-state index is 0.0636. The molecule has 4 N–H and O–H groups in total. The first-order valence-corrected chi connectivity index (χ1v) is 11.7. The summed E-state index contributed by atoms with van der Waals surface area (Å²) in [4.78, 5) is 27.0. The zero-order valence-electron chi connectivity index (χ0n) is 21.5. The van der Waals surface area contributed by atoms with Crippen molar-refractivity contribution in [2.24, 2.45) is 5.92 Å². The van der Waals surface area contributed by atoms with Crippen molar-refractivity contribution in [2.45, 2.75) is 38.0 Å². The average molecular weight is 500 g/mol. The molecule has 3 unspecified atom stereocenters. The van der Waals surface area contributed by atoms with E-state index in [1.54, 1.807) is 0 Å². The van der Waals surface area contributed by atoms with Gasteiger partial charge in [-0.15, -0.1) is 6.58 Å². The summed E-state index contributed by atoms with van der Waals surface area (Å²) in [6, 6.07) is 15.3. The standard InChI is InChI=1S/C20H23N3O2.C6H10O3.CH4O/c1-20-11-12-22(2)18(20)23(3)17-10-9-15(13-16(17)20)25-19(24)21-14-7-5-4-6-8-14;1-3-5(7)4(2)6(8)9;1-2/h4-10,13,18H,11-12H2,1-3H3,(H,21,24);3-5,7H,1H2,2H3,(H,8,9);2H,1H3/t18?,20-;;/m1../s1. The number of para-hydroxylation sites is 1. The van der Waals surface area contributed by atoms with Crippen LogP contribution in [0.3, 0.4) is 0 Å². The molecule has 2 aliphatic rings. The van der Waals surface area contributed by atoms with Gasteiger partial charge in [0, 0.05) is 37.5 Å². The van der Waals surface area contributed by atoms with Crippen LogP contribution in [0.25, 0.3) is 0 Å². The zero-order valence-corrected chi connectivity index (χ0v) is 21.5. The lowest BCUT2D eigenvalue weighted by atomic mass is 9.81. The van der Waals surface area contributed by atoms with Crippen LogP contribution in [-0.2, 0) is 10.2 Å². The molecule has 2 aromatic carbocycles. The van der Waals surface area contributed by atoms with Crippen LogP contribution in [0.15, 0.2) is 61.2 Å². The van der Waals surface area contributed by atoms with Crippen LogP contribution >= 0.6 is 0 Å². The Morgan fingerprint density at radius 2 is 1.83 bits per heavy atom. The van der Waals surface area contributed by atoms with Crippen molar-refractivity contribution in [3.05, 3.63) is 66.7 Å². The first-order valence-electron chi connectivity index (χ1n) is 11.7. The number of likely N-dealkylation sites (tertiary alicyclic amines) is 1. The lowest BCUT2D eigenvalue weighted by molar-refractivity contribution is -0.143. The van der Waals surface area contributed by atoms with E-state index in [0.29, 0.717) is 11.9 Å². The van der Waals surface area contributed by atoms with Crippen LogP contribution in [0, 0.1) is 5.92 Å². The highest BCUT2D eigenvalue weighted by Crippen LogP contribution is 2.51. The van der Waals surface area contributed by atoms with E-state index in [0.717, 1.165) is 25.8 Å². The van der Waals surface area contributed by atoms with Crippen molar-refractivity contribution in [1.82, 2.24) is 4.90 Å². The summed E-state index contributed by atoms with van der Waals surface area (Å²) < 4.78 is 5.52. The van der Waals surface area contributed by atoms with Gasteiger partial charge in [0.1, 0.15) is 5.75 Å². The molecule has 0 bridgehead atoms. The van der Waals surface area contributed by atoms with Gasteiger partial charge in [-0.1, -0.05) is 31.2 Å². The number of aliphatic hydroxyl groups excluding tert-OH is 2. The van der Waals surface area contributed by atoms with Crippen LogP contribution in [0.2, 0.25) is 0 Å². The fourth-order valence-corrected chi connectivity index (χ4v) is 4.74. The van der Waals surface area contributed by atoms with Gasteiger partial charge in [-0.3, -0.25) is 15.0 Å². The Bertz CT molecular complexity index is 1050. The quantitative estimate of drug-likeness (QED) is 0.461. The zero-order chi connectivity index (χ0) is 27.0. The number of carbonyl (C=O) groups excluding carboxylic acids is 1. The van der Waals surface area contributed by atoms with Crippen molar-refractivity contribution in [3.8, 4) is 5.75 Å². The number of benzene rings is 2. The molecule has 4 atom stereocenters. The van der Waals surface area contributed by atoms with Crippen LogP contribution in [-0.4, -0.2) is 72.3 Å². The van der Waals surface area contributed by atoms with E-state index in [1.165, 1.54) is 24.3 Å². The van der Waals surface area contributed by atoms with Crippen LogP contribution in [0.5, 0.6) is 5.75 Å². The van der Waals surface area contributed by atoms with Gasteiger partial charge in [0.2, 0.25) is 0 Å². The molecule has 1 fully saturated rings. The topological polar surface area (TPSA) is 123 Å². The predicted molar refractivity (Wildman–Crippen MR) is 140 cm³/mol. The van der Waals surface area contributed by atoms with Gasteiger partial charge < -0.3 is 25.0 Å². The van der Waals surface area contributed by atoms with Gasteiger partial charge in [0.25, 0.3) is 0 Å². The summed E-state index contributed by atoms with van der Waals surface area (Å²) in [5.74, 6) is -1.19. The monoisotopic (exact) mass is 499 g/mol. The maximum Gasteiger partial charge on any atom is 0.417 e. The minimum Gasteiger partial charge on any atom is -0.481 e. The van der Waals surface area contributed by atoms with Gasteiger partial charge in [-0.05, 0) is 56.3 Å². The molecule has 2 aromatic rings. The molecule has 9 nitrogen and oxygen atoms in total. The lowest BCUT2D eigenvalue weighted by Gasteiger charge is -2.32. The second kappa shape index (κ2) is 12.5. The number of aliphatic hydroxyl groups is 2. The molecule has 0 aromatic heterocycles. The van der Waals surface area contributed by atoms with E-state index in [2.05, 4.69) is 48.8 Å². The number of carboxylic acid groups (broad SMARTS) is 1. The summed E-state index contributed by atoms with van der Waals surface area (Å²) in [6.07, 6.45) is 1.25. The molecule has 1 amide bonds. The Balaban J connectivity index is 0.000000354. The predicted octanol–water partition coefficient (Wildman–Crippen LogP) is 3.53. The molecular formula is C27H37N3O6. The van der Waals surface area contributed by atoms with Crippen molar-refractivity contribution in [2.75, 3.05) is 38.0 Å². The molecule has 2 heterocycles. The number of nitrogens with one attached hydrogen (secondary N) is 1. The minimum atomic E-state index is -1.01. The van der Waals surface area contributed by atoms with Crippen molar-refractivity contribution in [3.63, 3.8) is 0 Å². The van der Waals surface area contributed by atoms with Gasteiger partial charge in [-0.25, -0.2) is 4.79 Å². The van der Waals surface area contributed by atoms with E-state index in [9.17, 15) is 9.59 Å². The number of ether oxygens (including phenoxy) is 1. The molecule has 0 spiro atoms. The molecule has 9 heteroatoms. The highest BCUT2D eigenvalue weighted by atomic mass is 16.6. The van der Waals surface area contributed by atoms with Crippen LogP contribution < -0.4 is 15.0 Å². The second-order valence-corrected chi connectivity index (χ2v) is 9.05. The Hall–Kier alpha value is -3.40. The summed E-state index contributed by atoms with van der Waals surface area (Å²) in [5.41, 5.74) is 3.26. The number of carboxylic acids is 1. The van der Waals surface area contributed by atoms with E-state index in [1.807, 2.05) is 42.5 Å². The first-order chi connectivity index (χ1) is 17.1. The molecule has 0 aliphatic carbocycles. The third-order valence-electron chi connectivity index (χ3n) is 6.68. The smallest absolute Gasteiger partial charge is 0.417 e. The number of nitrogens with zero attached hydrogens (tertiary/aromatic N) is 2. The lowest BCUT2D eigenvalue weighted by Crippen LogP contribution is -2.45. The Morgan fingerprint density at radius 1 is 1.19 bits per heavy atom. The number of likely N-dealkylation sites (N-methyl/N-ethyl adjacent to an activating group) is 2. The fourth-order valence-electron chi connectivity index (χ4n) is 4.74. The van der Waals surface area contributed by atoms with Crippen LogP contribution in [0.1, 0.15) is 25.8 Å². The molecule has 4 rings (SSSR count). The summed E-state index contributed by atoms with van der Waals surface area (Å²) in [6.45, 7) is 8.05. The number of hydrogen-bond acceptors (Lipinski definition) is 7. The third-order valence-corrected chi connectivity index (χ3v) is 6.68. The number of carbonyl (C=O) groups is 2. The molecule has 1 saturated heterocycles.